The molecule has 1 saturated carbocycles. The van der Waals surface area contributed by atoms with Crippen LogP contribution in [0.15, 0.2) is 0 Å². The van der Waals surface area contributed by atoms with Gasteiger partial charge in [0.15, 0.2) is 0 Å². The van der Waals surface area contributed by atoms with Gasteiger partial charge >= 0.3 is 0 Å². The molecule has 2 unspecified atom stereocenters. The molecule has 3 N–H and O–H groups in total. The highest BCUT2D eigenvalue weighted by atomic mass is 32.1. The second kappa shape index (κ2) is 4.62. The van der Waals surface area contributed by atoms with E-state index in [1.54, 1.807) is 0 Å². The fraction of sp³-hybridized carbons (Fsp3) is 0.750. The van der Waals surface area contributed by atoms with Gasteiger partial charge in [0.1, 0.15) is 10.8 Å². The van der Waals surface area contributed by atoms with Crippen LogP contribution >= 0.6 is 11.5 Å². The van der Waals surface area contributed by atoms with Crippen molar-refractivity contribution in [3.05, 3.63) is 5.56 Å². The molecule has 1 fully saturated rings. The van der Waals surface area contributed by atoms with Crippen molar-refractivity contribution in [2.75, 3.05) is 11.1 Å². The molecule has 1 heterocycles. The van der Waals surface area contributed by atoms with Gasteiger partial charge in [-0.2, -0.15) is 4.37 Å². The first-order valence-electron chi connectivity index (χ1n) is 6.04. The topological polar surface area (TPSA) is 50.9 Å². The zero-order valence-corrected chi connectivity index (χ0v) is 11.1. The minimum Gasteiger partial charge on any atom is -0.383 e. The number of rotatable bonds is 2. The Bertz CT molecular complexity index is 351. The fourth-order valence-corrected chi connectivity index (χ4v) is 3.52. The van der Waals surface area contributed by atoms with E-state index in [0.29, 0.717) is 11.9 Å². The molecule has 1 aliphatic carbocycles. The average Bonchev–Trinajstić information content (AvgIpc) is 2.48. The summed E-state index contributed by atoms with van der Waals surface area (Å²) in [7, 11) is 0. The normalized spacial score (nSPS) is 30.3. The Labute approximate surface area is 102 Å². The Morgan fingerprint density at radius 3 is 2.38 bits per heavy atom. The van der Waals surface area contributed by atoms with Crippen molar-refractivity contribution >= 4 is 22.4 Å². The van der Waals surface area contributed by atoms with E-state index >= 15 is 0 Å². The SMILES string of the molecule is Cc1c(N)nsc1NC1CC(C)CC(C)C1. The third kappa shape index (κ3) is 2.48. The van der Waals surface area contributed by atoms with Crippen LogP contribution in [0.5, 0.6) is 0 Å². The van der Waals surface area contributed by atoms with Crippen LogP contribution in [0.25, 0.3) is 0 Å². The quantitative estimate of drug-likeness (QED) is 0.832. The van der Waals surface area contributed by atoms with E-state index in [4.69, 9.17) is 5.73 Å². The largest absolute Gasteiger partial charge is 0.383 e. The number of nitrogens with two attached hydrogens (primary N) is 1. The zero-order valence-electron chi connectivity index (χ0n) is 10.3. The summed E-state index contributed by atoms with van der Waals surface area (Å²) in [5, 5.41) is 4.76. The number of aromatic nitrogens is 1. The number of nitrogen functional groups attached to an aromatic ring is 1. The van der Waals surface area contributed by atoms with Crippen molar-refractivity contribution in [1.82, 2.24) is 4.37 Å². The lowest BCUT2D eigenvalue weighted by Gasteiger charge is -2.32. The third-order valence-electron chi connectivity index (χ3n) is 3.47. The van der Waals surface area contributed by atoms with Crippen LogP contribution in [0.4, 0.5) is 10.8 Å². The maximum Gasteiger partial charge on any atom is 0.142 e. The number of anilines is 2. The van der Waals surface area contributed by atoms with Crippen LogP contribution in [0, 0.1) is 18.8 Å². The molecule has 0 amide bonds. The molecule has 1 aromatic rings. The van der Waals surface area contributed by atoms with E-state index in [9.17, 15) is 0 Å². The van der Waals surface area contributed by atoms with E-state index in [1.807, 2.05) is 6.92 Å². The molecule has 1 aromatic heterocycles. The Hall–Kier alpha value is -0.770. The summed E-state index contributed by atoms with van der Waals surface area (Å²) < 4.78 is 4.18. The average molecular weight is 239 g/mol. The van der Waals surface area contributed by atoms with E-state index < -0.39 is 0 Å². The summed E-state index contributed by atoms with van der Waals surface area (Å²) >= 11 is 1.49. The van der Waals surface area contributed by atoms with Gasteiger partial charge in [0.05, 0.1) is 0 Å². The monoisotopic (exact) mass is 239 g/mol. The Morgan fingerprint density at radius 1 is 1.25 bits per heavy atom. The van der Waals surface area contributed by atoms with Gasteiger partial charge in [0, 0.05) is 11.6 Å². The highest BCUT2D eigenvalue weighted by Crippen LogP contribution is 2.33. The fourth-order valence-electron chi connectivity index (χ4n) is 2.73. The van der Waals surface area contributed by atoms with Crippen molar-refractivity contribution in [3.8, 4) is 0 Å². The molecule has 0 bridgehead atoms. The lowest BCUT2D eigenvalue weighted by molar-refractivity contribution is 0.281. The summed E-state index contributed by atoms with van der Waals surface area (Å²) in [6, 6.07) is 0.595. The van der Waals surface area contributed by atoms with E-state index in [2.05, 4.69) is 23.5 Å². The van der Waals surface area contributed by atoms with Gasteiger partial charge in [-0.05, 0) is 49.6 Å². The molecule has 0 radical (unpaired) electrons. The first-order chi connectivity index (χ1) is 7.56. The van der Waals surface area contributed by atoms with Gasteiger partial charge in [-0.3, -0.25) is 0 Å². The number of nitrogens with one attached hydrogen (secondary N) is 1. The van der Waals surface area contributed by atoms with Gasteiger partial charge < -0.3 is 11.1 Å². The van der Waals surface area contributed by atoms with Crippen LogP contribution < -0.4 is 11.1 Å². The van der Waals surface area contributed by atoms with Crippen molar-refractivity contribution < 1.29 is 0 Å². The molecule has 3 nitrogen and oxygen atoms in total. The first-order valence-corrected chi connectivity index (χ1v) is 6.82. The third-order valence-corrected chi connectivity index (χ3v) is 4.37. The highest BCUT2D eigenvalue weighted by molar-refractivity contribution is 7.10. The van der Waals surface area contributed by atoms with Crippen molar-refractivity contribution in [2.24, 2.45) is 11.8 Å². The second-order valence-electron chi connectivity index (χ2n) is 5.28. The van der Waals surface area contributed by atoms with Crippen LogP contribution in [0.3, 0.4) is 0 Å². The van der Waals surface area contributed by atoms with Gasteiger partial charge in [-0.15, -0.1) is 0 Å². The molecule has 0 aromatic carbocycles. The molecule has 90 valence electrons. The number of nitrogens with zero attached hydrogens (tertiary/aromatic N) is 1. The molecule has 0 saturated heterocycles. The molecular formula is C12H21N3S. The molecule has 0 aliphatic heterocycles. The molecule has 2 atom stereocenters. The molecular weight excluding hydrogens is 218 g/mol. The summed E-state index contributed by atoms with van der Waals surface area (Å²) in [6.45, 7) is 6.73. The van der Waals surface area contributed by atoms with E-state index in [-0.39, 0.29) is 0 Å². The minimum atomic E-state index is 0.595. The van der Waals surface area contributed by atoms with Crippen LogP contribution in [-0.2, 0) is 0 Å². The maximum atomic E-state index is 5.76. The second-order valence-corrected chi connectivity index (χ2v) is 6.05. The molecule has 1 aliphatic rings. The zero-order chi connectivity index (χ0) is 11.7. The first kappa shape index (κ1) is 11.7. The summed E-state index contributed by atoms with van der Waals surface area (Å²) in [5.74, 6) is 2.32. The lowest BCUT2D eigenvalue weighted by Crippen LogP contribution is -2.30. The van der Waals surface area contributed by atoms with Crippen LogP contribution in [0.1, 0.15) is 38.7 Å². The smallest absolute Gasteiger partial charge is 0.142 e. The maximum absolute atomic E-state index is 5.76. The van der Waals surface area contributed by atoms with Gasteiger partial charge in [-0.1, -0.05) is 13.8 Å². The van der Waals surface area contributed by atoms with Gasteiger partial charge in [-0.25, -0.2) is 0 Å². The molecule has 2 rings (SSSR count). The Kier molecular flexibility index (Phi) is 3.38. The van der Waals surface area contributed by atoms with Crippen LogP contribution in [-0.4, -0.2) is 10.4 Å². The van der Waals surface area contributed by atoms with Crippen LogP contribution in [0.2, 0.25) is 0 Å². The molecule has 0 spiro atoms. The van der Waals surface area contributed by atoms with Crippen molar-refractivity contribution in [2.45, 2.75) is 46.1 Å². The summed E-state index contributed by atoms with van der Waals surface area (Å²) in [5.41, 5.74) is 6.87. The summed E-state index contributed by atoms with van der Waals surface area (Å²) in [6.07, 6.45) is 3.89. The van der Waals surface area contributed by atoms with E-state index in [0.717, 1.165) is 22.4 Å². The molecule has 4 heteroatoms. The summed E-state index contributed by atoms with van der Waals surface area (Å²) in [4.78, 5) is 0. The standard InChI is InChI=1S/C12H21N3S/c1-7-4-8(2)6-10(5-7)14-12-9(3)11(13)15-16-12/h7-8,10,14H,4-6H2,1-3H3,(H2,13,15). The highest BCUT2D eigenvalue weighted by Gasteiger charge is 2.24. The van der Waals surface area contributed by atoms with E-state index in [1.165, 1.54) is 30.8 Å². The van der Waals surface area contributed by atoms with Crippen molar-refractivity contribution in [1.29, 1.82) is 0 Å². The van der Waals surface area contributed by atoms with Gasteiger partial charge in [0.2, 0.25) is 0 Å². The molecule has 16 heavy (non-hydrogen) atoms. The Morgan fingerprint density at radius 2 is 1.88 bits per heavy atom. The predicted octanol–water partition coefficient (Wildman–Crippen LogP) is 3.27. The minimum absolute atomic E-state index is 0.595. The Balaban J connectivity index is 2.01. The number of hydrogen-bond acceptors (Lipinski definition) is 4. The number of hydrogen-bond donors (Lipinski definition) is 2. The van der Waals surface area contributed by atoms with Crippen molar-refractivity contribution in [3.63, 3.8) is 0 Å². The predicted molar refractivity (Wildman–Crippen MR) is 70.9 cm³/mol. The van der Waals surface area contributed by atoms with Gasteiger partial charge in [0.25, 0.3) is 0 Å². The lowest BCUT2D eigenvalue weighted by atomic mass is 9.80.